The van der Waals surface area contributed by atoms with Crippen LogP contribution in [-0.4, -0.2) is 47.9 Å². The lowest BCUT2D eigenvalue weighted by Crippen LogP contribution is -2.47. The number of nitrogens with one attached hydrogen (secondary N) is 1. The summed E-state index contributed by atoms with van der Waals surface area (Å²) in [6.07, 6.45) is -2.57. The van der Waals surface area contributed by atoms with Gasteiger partial charge in [-0.3, -0.25) is 9.59 Å². The van der Waals surface area contributed by atoms with Crippen molar-refractivity contribution in [3.8, 4) is 0 Å². The fourth-order valence-electron chi connectivity index (χ4n) is 3.09. The molecule has 1 N–H and O–H groups in total. The van der Waals surface area contributed by atoms with Crippen LogP contribution in [0.1, 0.15) is 23.2 Å². The smallest absolute Gasteiger partial charge is 0.253 e. The average Bonchev–Trinajstić information content (AvgIpc) is 2.85. The maximum absolute atomic E-state index is 14.1. The molecule has 25 heavy (non-hydrogen) atoms. The van der Waals surface area contributed by atoms with E-state index in [1.165, 1.54) is 6.07 Å². The molecule has 1 heterocycles. The molecule has 0 radical (unpaired) electrons. The summed E-state index contributed by atoms with van der Waals surface area (Å²) < 4.78 is 52.9. The van der Waals surface area contributed by atoms with Gasteiger partial charge < -0.3 is 10.2 Å². The largest absolute Gasteiger partial charge is 0.344 e. The summed E-state index contributed by atoms with van der Waals surface area (Å²) in [5.41, 5.74) is -0.0151. The van der Waals surface area contributed by atoms with Gasteiger partial charge in [-0.1, -0.05) is 11.6 Å². The van der Waals surface area contributed by atoms with Gasteiger partial charge in [-0.25, -0.2) is 17.6 Å². The number of benzene rings is 1. The number of halogens is 5. The first kappa shape index (κ1) is 18.0. The van der Waals surface area contributed by atoms with Crippen LogP contribution in [0.15, 0.2) is 18.2 Å². The second kappa shape index (κ2) is 6.48. The Balaban J connectivity index is 1.60. The molecule has 2 atom stereocenters. The number of alkyl halides is 3. The number of likely N-dealkylation sites (tertiary alicyclic amines) is 1. The molecule has 0 spiro atoms. The predicted molar refractivity (Wildman–Crippen MR) is 81.8 cm³/mol. The quantitative estimate of drug-likeness (QED) is 0.822. The SMILES string of the molecule is O=C(N[C@@H]1CN(C(=O)C2CC(F)(F)C2)C[C@@H]1F)c1ccc(F)cc1Cl. The number of carbonyl (C=O) groups is 2. The standard InChI is InChI=1S/C16H15ClF4N2O2/c17-11-3-9(18)1-2-10(11)14(24)22-13-7-23(6-12(13)19)15(25)8-4-16(20,21)5-8/h1-3,8,12-13H,4-7H2,(H,22,24)/t12-,13+/m0/s1. The van der Waals surface area contributed by atoms with Gasteiger partial charge in [0, 0.05) is 25.3 Å². The summed E-state index contributed by atoms with van der Waals surface area (Å²) in [5.74, 6) is -5.46. The molecule has 136 valence electrons. The molecule has 0 bridgehead atoms. The summed E-state index contributed by atoms with van der Waals surface area (Å²) in [7, 11) is 0. The highest BCUT2D eigenvalue weighted by atomic mass is 35.5. The Labute approximate surface area is 146 Å². The van der Waals surface area contributed by atoms with Crippen LogP contribution >= 0.6 is 11.6 Å². The molecular formula is C16H15ClF4N2O2. The highest BCUT2D eigenvalue weighted by molar-refractivity contribution is 6.33. The van der Waals surface area contributed by atoms with E-state index in [0.717, 1.165) is 17.0 Å². The lowest BCUT2D eigenvalue weighted by atomic mass is 9.80. The molecule has 2 aliphatic rings. The maximum Gasteiger partial charge on any atom is 0.253 e. The lowest BCUT2D eigenvalue weighted by Gasteiger charge is -2.36. The average molecular weight is 379 g/mol. The van der Waals surface area contributed by atoms with Gasteiger partial charge in [-0.05, 0) is 18.2 Å². The third-order valence-corrected chi connectivity index (χ3v) is 4.80. The molecule has 9 heteroatoms. The van der Waals surface area contributed by atoms with Crippen molar-refractivity contribution >= 4 is 23.4 Å². The van der Waals surface area contributed by atoms with Crippen LogP contribution < -0.4 is 5.32 Å². The van der Waals surface area contributed by atoms with Crippen LogP contribution in [0, 0.1) is 11.7 Å². The maximum atomic E-state index is 14.1. The predicted octanol–water partition coefficient (Wildman–Crippen LogP) is 2.80. The topological polar surface area (TPSA) is 49.4 Å². The van der Waals surface area contributed by atoms with Gasteiger partial charge in [0.15, 0.2) is 0 Å². The van der Waals surface area contributed by atoms with Crippen LogP contribution in [0.25, 0.3) is 0 Å². The van der Waals surface area contributed by atoms with Crippen LogP contribution in [0.4, 0.5) is 17.6 Å². The zero-order chi connectivity index (χ0) is 18.4. The van der Waals surface area contributed by atoms with Gasteiger partial charge in [0.1, 0.15) is 12.0 Å². The minimum atomic E-state index is -2.83. The molecule has 3 rings (SSSR count). The Morgan fingerprint density at radius 2 is 1.92 bits per heavy atom. The first-order valence-electron chi connectivity index (χ1n) is 7.73. The third kappa shape index (κ3) is 3.73. The summed E-state index contributed by atoms with van der Waals surface area (Å²) in [4.78, 5) is 25.4. The number of nitrogens with zero attached hydrogens (tertiary/aromatic N) is 1. The second-order valence-electron chi connectivity index (χ2n) is 6.42. The van der Waals surface area contributed by atoms with Crippen molar-refractivity contribution in [2.75, 3.05) is 13.1 Å². The molecule has 1 saturated carbocycles. The van der Waals surface area contributed by atoms with Crippen LogP contribution in [0.2, 0.25) is 5.02 Å². The fourth-order valence-corrected chi connectivity index (χ4v) is 3.35. The molecule has 2 fully saturated rings. The lowest BCUT2D eigenvalue weighted by molar-refractivity contribution is -0.159. The van der Waals surface area contributed by atoms with Gasteiger partial charge in [-0.15, -0.1) is 0 Å². The third-order valence-electron chi connectivity index (χ3n) is 4.49. The molecule has 1 saturated heterocycles. The molecule has 1 aromatic rings. The Hall–Kier alpha value is -1.83. The molecule has 4 nitrogen and oxygen atoms in total. The molecule has 0 unspecified atom stereocenters. The normalized spacial score (nSPS) is 25.6. The highest BCUT2D eigenvalue weighted by Gasteiger charge is 2.51. The summed E-state index contributed by atoms with van der Waals surface area (Å²) in [6.45, 7) is -0.365. The number of hydrogen-bond donors (Lipinski definition) is 1. The van der Waals surface area contributed by atoms with Crippen molar-refractivity contribution in [2.45, 2.75) is 31.0 Å². The van der Waals surface area contributed by atoms with E-state index >= 15 is 0 Å². The van der Waals surface area contributed by atoms with Crippen LogP contribution in [0.5, 0.6) is 0 Å². The van der Waals surface area contributed by atoms with E-state index in [-0.39, 0.29) is 23.7 Å². The van der Waals surface area contributed by atoms with Crippen LogP contribution in [0.3, 0.4) is 0 Å². The zero-order valence-corrected chi connectivity index (χ0v) is 13.7. The van der Waals surface area contributed by atoms with Crippen LogP contribution in [-0.2, 0) is 4.79 Å². The minimum absolute atomic E-state index is 0.0151. The zero-order valence-electron chi connectivity index (χ0n) is 12.9. The van der Waals surface area contributed by atoms with E-state index in [2.05, 4.69) is 5.32 Å². The van der Waals surface area contributed by atoms with E-state index in [0.29, 0.717) is 0 Å². The van der Waals surface area contributed by atoms with Gasteiger partial charge in [-0.2, -0.15) is 0 Å². The van der Waals surface area contributed by atoms with E-state index in [4.69, 9.17) is 11.6 Å². The van der Waals surface area contributed by atoms with Gasteiger partial charge >= 0.3 is 0 Å². The van der Waals surface area contributed by atoms with Gasteiger partial charge in [0.2, 0.25) is 11.8 Å². The van der Waals surface area contributed by atoms with Crippen molar-refractivity contribution in [2.24, 2.45) is 5.92 Å². The van der Waals surface area contributed by atoms with Crippen molar-refractivity contribution in [3.05, 3.63) is 34.6 Å². The fraction of sp³-hybridized carbons (Fsp3) is 0.500. The summed E-state index contributed by atoms with van der Waals surface area (Å²) in [5, 5.41) is 2.30. The Bertz CT molecular complexity index is 707. The molecule has 2 amide bonds. The second-order valence-corrected chi connectivity index (χ2v) is 6.83. The minimum Gasteiger partial charge on any atom is -0.344 e. The number of carbonyl (C=O) groups excluding carboxylic acids is 2. The summed E-state index contributed by atoms with van der Waals surface area (Å²) in [6, 6.07) is 2.21. The molecule has 1 aromatic carbocycles. The Kier molecular flexibility index (Phi) is 4.66. The van der Waals surface area contributed by atoms with E-state index < -0.39 is 54.5 Å². The Morgan fingerprint density at radius 3 is 2.52 bits per heavy atom. The van der Waals surface area contributed by atoms with E-state index in [9.17, 15) is 27.2 Å². The van der Waals surface area contributed by atoms with Crippen molar-refractivity contribution < 1.29 is 27.2 Å². The number of hydrogen-bond acceptors (Lipinski definition) is 2. The summed E-state index contributed by atoms with van der Waals surface area (Å²) >= 11 is 5.79. The first-order chi connectivity index (χ1) is 11.7. The van der Waals surface area contributed by atoms with Gasteiger partial charge in [0.05, 0.1) is 23.2 Å². The number of amides is 2. The highest BCUT2D eigenvalue weighted by Crippen LogP contribution is 2.43. The molecule has 0 aromatic heterocycles. The van der Waals surface area contributed by atoms with Gasteiger partial charge in [0.25, 0.3) is 5.91 Å². The number of rotatable bonds is 3. The van der Waals surface area contributed by atoms with E-state index in [1.807, 2.05) is 0 Å². The Morgan fingerprint density at radius 1 is 1.24 bits per heavy atom. The van der Waals surface area contributed by atoms with Crippen molar-refractivity contribution in [1.82, 2.24) is 10.2 Å². The van der Waals surface area contributed by atoms with E-state index in [1.54, 1.807) is 0 Å². The van der Waals surface area contributed by atoms with Crippen molar-refractivity contribution in [1.29, 1.82) is 0 Å². The molecule has 1 aliphatic heterocycles. The van der Waals surface area contributed by atoms with Crippen molar-refractivity contribution in [3.63, 3.8) is 0 Å². The molecular weight excluding hydrogens is 364 g/mol. The first-order valence-corrected chi connectivity index (χ1v) is 8.11. The monoisotopic (exact) mass is 378 g/mol. The molecule has 1 aliphatic carbocycles.